The highest BCUT2D eigenvalue weighted by Crippen LogP contribution is 2.21. The van der Waals surface area contributed by atoms with Gasteiger partial charge in [0.05, 0.1) is 0 Å². The van der Waals surface area contributed by atoms with Crippen LogP contribution < -0.4 is 4.74 Å². The van der Waals surface area contributed by atoms with Crippen LogP contribution in [0.5, 0.6) is 5.75 Å². The van der Waals surface area contributed by atoms with Crippen LogP contribution in [0.1, 0.15) is 19.3 Å². The monoisotopic (exact) mass is 258 g/mol. The molecule has 0 saturated heterocycles. The maximum Gasteiger partial charge on any atom is 0.311 e. The number of fused-ring (bicyclic) bond motifs is 1. The molecule has 19 heavy (non-hydrogen) atoms. The Labute approximate surface area is 110 Å². The Kier molecular flexibility index (Phi) is 4.13. The first-order valence-corrected chi connectivity index (χ1v) is 6.06. The molecule has 0 amide bonds. The molecule has 0 atom stereocenters. The van der Waals surface area contributed by atoms with Gasteiger partial charge in [0.15, 0.2) is 0 Å². The maximum absolute atomic E-state index is 11.5. The summed E-state index contributed by atoms with van der Waals surface area (Å²) < 4.78 is 5.17. The highest BCUT2D eigenvalue weighted by molar-refractivity contribution is 5.84. The van der Waals surface area contributed by atoms with Gasteiger partial charge >= 0.3 is 11.9 Å². The lowest BCUT2D eigenvalue weighted by Crippen LogP contribution is -2.08. The van der Waals surface area contributed by atoms with Crippen LogP contribution in [0, 0.1) is 0 Å². The Morgan fingerprint density at radius 3 is 2.47 bits per heavy atom. The summed E-state index contributed by atoms with van der Waals surface area (Å²) in [6.45, 7) is 0. The Morgan fingerprint density at radius 1 is 1.00 bits per heavy atom. The Bertz CT molecular complexity index is 604. The van der Waals surface area contributed by atoms with E-state index >= 15 is 0 Å². The molecule has 2 aromatic rings. The van der Waals surface area contributed by atoms with Gasteiger partial charge in [0.25, 0.3) is 0 Å². The predicted molar refractivity (Wildman–Crippen MR) is 71.1 cm³/mol. The fraction of sp³-hybridized carbons (Fsp3) is 0.200. The van der Waals surface area contributed by atoms with Gasteiger partial charge in [-0.1, -0.05) is 30.3 Å². The van der Waals surface area contributed by atoms with E-state index in [1.54, 1.807) is 12.1 Å². The molecular formula is C15H14O4. The number of rotatable bonds is 5. The number of ether oxygens (including phenoxy) is 1. The molecular weight excluding hydrogens is 244 g/mol. The minimum Gasteiger partial charge on any atom is -0.481 e. The average molecular weight is 258 g/mol. The number of hydrogen-bond donors (Lipinski definition) is 1. The van der Waals surface area contributed by atoms with Crippen molar-refractivity contribution in [3.63, 3.8) is 0 Å². The van der Waals surface area contributed by atoms with E-state index in [9.17, 15) is 9.59 Å². The molecule has 0 aliphatic rings. The second-order valence-electron chi connectivity index (χ2n) is 4.23. The van der Waals surface area contributed by atoms with E-state index in [0.29, 0.717) is 12.2 Å². The molecule has 0 aromatic heterocycles. The lowest BCUT2D eigenvalue weighted by molar-refractivity contribution is -0.137. The number of carboxylic acids is 1. The first-order valence-electron chi connectivity index (χ1n) is 6.06. The minimum absolute atomic E-state index is 0.0210. The lowest BCUT2D eigenvalue weighted by Gasteiger charge is -2.05. The quantitative estimate of drug-likeness (QED) is 0.661. The molecule has 98 valence electrons. The SMILES string of the molecule is O=C(O)CCCC(=O)Oc1ccc2ccccc2c1. The zero-order valence-electron chi connectivity index (χ0n) is 10.3. The number of hydrogen-bond acceptors (Lipinski definition) is 3. The normalized spacial score (nSPS) is 10.3. The van der Waals surface area contributed by atoms with Gasteiger partial charge in [0.1, 0.15) is 5.75 Å². The molecule has 0 bridgehead atoms. The summed E-state index contributed by atoms with van der Waals surface area (Å²) in [6.07, 6.45) is 0.383. The third kappa shape index (κ3) is 3.81. The number of aliphatic carboxylic acids is 1. The highest BCUT2D eigenvalue weighted by Gasteiger charge is 2.07. The van der Waals surface area contributed by atoms with E-state index in [2.05, 4.69) is 0 Å². The van der Waals surface area contributed by atoms with E-state index in [-0.39, 0.29) is 12.8 Å². The van der Waals surface area contributed by atoms with Crippen LogP contribution in [0.2, 0.25) is 0 Å². The summed E-state index contributed by atoms with van der Waals surface area (Å²) >= 11 is 0. The molecule has 0 radical (unpaired) electrons. The van der Waals surface area contributed by atoms with Crippen LogP contribution in [0.15, 0.2) is 42.5 Å². The van der Waals surface area contributed by atoms with Gasteiger partial charge in [-0.05, 0) is 29.3 Å². The molecule has 4 heteroatoms. The first kappa shape index (κ1) is 13.1. The fourth-order valence-corrected chi connectivity index (χ4v) is 1.80. The topological polar surface area (TPSA) is 63.6 Å². The summed E-state index contributed by atoms with van der Waals surface area (Å²) in [4.78, 5) is 21.8. The zero-order chi connectivity index (χ0) is 13.7. The van der Waals surface area contributed by atoms with Gasteiger partial charge in [-0.15, -0.1) is 0 Å². The number of carbonyl (C=O) groups excluding carboxylic acids is 1. The first-order chi connectivity index (χ1) is 9.15. The van der Waals surface area contributed by atoms with Crippen LogP contribution >= 0.6 is 0 Å². The second-order valence-corrected chi connectivity index (χ2v) is 4.23. The summed E-state index contributed by atoms with van der Waals surface area (Å²) in [5.41, 5.74) is 0. The third-order valence-corrected chi connectivity index (χ3v) is 2.72. The average Bonchev–Trinajstić information content (AvgIpc) is 2.38. The molecule has 0 unspecified atom stereocenters. The van der Waals surface area contributed by atoms with Crippen LogP contribution in [0.3, 0.4) is 0 Å². The number of carbonyl (C=O) groups is 2. The van der Waals surface area contributed by atoms with Crippen LogP contribution in [-0.4, -0.2) is 17.0 Å². The van der Waals surface area contributed by atoms with Crippen molar-refractivity contribution in [1.29, 1.82) is 0 Å². The van der Waals surface area contributed by atoms with Crippen molar-refractivity contribution in [3.05, 3.63) is 42.5 Å². The van der Waals surface area contributed by atoms with E-state index < -0.39 is 11.9 Å². The van der Waals surface area contributed by atoms with Crippen LogP contribution in [0.25, 0.3) is 10.8 Å². The Balaban J connectivity index is 1.97. The predicted octanol–water partition coefficient (Wildman–Crippen LogP) is 3.00. The Hall–Kier alpha value is -2.36. The van der Waals surface area contributed by atoms with Gasteiger partial charge in [0.2, 0.25) is 0 Å². The minimum atomic E-state index is -0.904. The van der Waals surface area contributed by atoms with E-state index in [1.807, 2.05) is 30.3 Å². The summed E-state index contributed by atoms with van der Waals surface area (Å²) in [6, 6.07) is 13.2. The lowest BCUT2D eigenvalue weighted by atomic mass is 10.1. The van der Waals surface area contributed by atoms with E-state index in [0.717, 1.165) is 10.8 Å². The van der Waals surface area contributed by atoms with E-state index in [4.69, 9.17) is 9.84 Å². The van der Waals surface area contributed by atoms with Crippen molar-refractivity contribution in [2.45, 2.75) is 19.3 Å². The largest absolute Gasteiger partial charge is 0.481 e. The van der Waals surface area contributed by atoms with E-state index in [1.165, 1.54) is 0 Å². The van der Waals surface area contributed by atoms with Gasteiger partial charge in [-0.3, -0.25) is 9.59 Å². The standard InChI is InChI=1S/C15H14O4/c16-14(17)6-3-7-15(18)19-13-9-8-11-4-1-2-5-12(11)10-13/h1-2,4-5,8-10H,3,6-7H2,(H,16,17). The molecule has 0 aliphatic carbocycles. The van der Waals surface area contributed by atoms with Crippen molar-refractivity contribution >= 4 is 22.7 Å². The van der Waals surface area contributed by atoms with Gasteiger partial charge in [-0.25, -0.2) is 0 Å². The van der Waals surface area contributed by atoms with Gasteiger partial charge in [-0.2, -0.15) is 0 Å². The molecule has 2 aromatic carbocycles. The van der Waals surface area contributed by atoms with Crippen molar-refractivity contribution in [2.75, 3.05) is 0 Å². The molecule has 0 aliphatic heterocycles. The molecule has 0 heterocycles. The second kappa shape index (κ2) is 6.00. The zero-order valence-corrected chi connectivity index (χ0v) is 10.3. The fourth-order valence-electron chi connectivity index (χ4n) is 1.80. The van der Waals surface area contributed by atoms with Gasteiger partial charge < -0.3 is 9.84 Å². The Morgan fingerprint density at radius 2 is 1.74 bits per heavy atom. The number of esters is 1. The highest BCUT2D eigenvalue weighted by atomic mass is 16.5. The summed E-state index contributed by atoms with van der Waals surface area (Å²) in [5.74, 6) is -0.825. The molecule has 2 rings (SSSR count). The molecule has 1 N–H and O–H groups in total. The van der Waals surface area contributed by atoms with Crippen LogP contribution in [0.4, 0.5) is 0 Å². The number of benzene rings is 2. The summed E-state index contributed by atoms with van der Waals surface area (Å²) in [7, 11) is 0. The summed E-state index contributed by atoms with van der Waals surface area (Å²) in [5, 5.41) is 10.6. The molecule has 0 spiro atoms. The third-order valence-electron chi connectivity index (χ3n) is 2.72. The maximum atomic E-state index is 11.5. The molecule has 0 fully saturated rings. The van der Waals surface area contributed by atoms with Crippen molar-refractivity contribution in [2.24, 2.45) is 0 Å². The number of carboxylic acid groups (broad SMARTS) is 1. The van der Waals surface area contributed by atoms with Crippen molar-refractivity contribution < 1.29 is 19.4 Å². The van der Waals surface area contributed by atoms with Crippen molar-refractivity contribution in [3.8, 4) is 5.75 Å². The van der Waals surface area contributed by atoms with Crippen LogP contribution in [-0.2, 0) is 9.59 Å². The molecule has 4 nitrogen and oxygen atoms in total. The molecule has 0 saturated carbocycles. The smallest absolute Gasteiger partial charge is 0.311 e. The van der Waals surface area contributed by atoms with Gasteiger partial charge in [0, 0.05) is 12.8 Å². The van der Waals surface area contributed by atoms with Crippen molar-refractivity contribution in [1.82, 2.24) is 0 Å².